The van der Waals surface area contributed by atoms with E-state index in [0.717, 1.165) is 0 Å². The predicted octanol–water partition coefficient (Wildman–Crippen LogP) is 1.09. The van der Waals surface area contributed by atoms with Gasteiger partial charge in [0.2, 0.25) is 5.91 Å². The first-order valence-electron chi connectivity index (χ1n) is 4.23. The van der Waals surface area contributed by atoms with Gasteiger partial charge in [0, 0.05) is 12.8 Å². The fourth-order valence-electron chi connectivity index (χ4n) is 0.332. The number of nitrogens with two attached hydrogens (primary N) is 1. The predicted molar refractivity (Wildman–Crippen MR) is 50.9 cm³/mol. The fraction of sp³-hybridized carbons (Fsp3) is 0.778. The van der Waals surface area contributed by atoms with Crippen molar-refractivity contribution in [3.63, 3.8) is 0 Å². The van der Waals surface area contributed by atoms with Crippen LogP contribution in [0.15, 0.2) is 0 Å². The molecule has 0 aromatic rings. The van der Waals surface area contributed by atoms with Gasteiger partial charge in [-0.25, -0.2) is 0 Å². The number of primary amides is 1. The summed E-state index contributed by atoms with van der Waals surface area (Å²) in [5.41, 5.74) is 4.80. The molecule has 0 aromatic carbocycles. The van der Waals surface area contributed by atoms with Crippen molar-refractivity contribution in [3.05, 3.63) is 0 Å². The molecule has 13 heavy (non-hydrogen) atoms. The van der Waals surface area contributed by atoms with Gasteiger partial charge in [-0.15, -0.1) is 0 Å². The SMILES string of the molecule is CC(=O)OC(C)C.CC(C)C(N)=O. The van der Waals surface area contributed by atoms with Gasteiger partial charge in [0.25, 0.3) is 0 Å². The molecule has 0 aromatic heterocycles. The second-order valence-corrected chi connectivity index (χ2v) is 3.22. The summed E-state index contributed by atoms with van der Waals surface area (Å²) in [5.74, 6) is -0.463. The van der Waals surface area contributed by atoms with Crippen molar-refractivity contribution in [2.24, 2.45) is 11.7 Å². The van der Waals surface area contributed by atoms with Gasteiger partial charge in [-0.1, -0.05) is 13.8 Å². The second-order valence-electron chi connectivity index (χ2n) is 3.22. The van der Waals surface area contributed by atoms with E-state index in [-0.39, 0.29) is 23.9 Å². The topological polar surface area (TPSA) is 69.4 Å². The van der Waals surface area contributed by atoms with E-state index in [2.05, 4.69) is 4.74 Å². The highest BCUT2D eigenvalue weighted by atomic mass is 16.5. The van der Waals surface area contributed by atoms with E-state index in [4.69, 9.17) is 5.73 Å². The molecular weight excluding hydrogens is 170 g/mol. The van der Waals surface area contributed by atoms with Crippen molar-refractivity contribution in [2.75, 3.05) is 0 Å². The molecule has 1 amide bonds. The maximum absolute atomic E-state index is 10.0. The monoisotopic (exact) mass is 189 g/mol. The molecule has 0 spiro atoms. The summed E-state index contributed by atoms with van der Waals surface area (Å²) in [5, 5.41) is 0. The van der Waals surface area contributed by atoms with Crippen LogP contribution in [0.3, 0.4) is 0 Å². The van der Waals surface area contributed by atoms with Gasteiger partial charge in [0.05, 0.1) is 6.10 Å². The molecule has 4 heteroatoms. The van der Waals surface area contributed by atoms with Gasteiger partial charge in [-0.05, 0) is 13.8 Å². The summed E-state index contributed by atoms with van der Waals surface area (Å²) in [6, 6.07) is 0. The third-order valence-electron chi connectivity index (χ3n) is 0.971. The maximum atomic E-state index is 10.0. The largest absolute Gasteiger partial charge is 0.463 e. The minimum Gasteiger partial charge on any atom is -0.463 e. The van der Waals surface area contributed by atoms with Crippen LogP contribution in [0.4, 0.5) is 0 Å². The van der Waals surface area contributed by atoms with E-state index in [0.29, 0.717) is 0 Å². The van der Waals surface area contributed by atoms with Crippen molar-refractivity contribution in [1.29, 1.82) is 0 Å². The van der Waals surface area contributed by atoms with Crippen molar-refractivity contribution in [1.82, 2.24) is 0 Å². The molecule has 0 saturated heterocycles. The van der Waals surface area contributed by atoms with Gasteiger partial charge in [0.15, 0.2) is 0 Å². The van der Waals surface area contributed by atoms with Crippen LogP contribution in [0.1, 0.15) is 34.6 Å². The maximum Gasteiger partial charge on any atom is 0.302 e. The average Bonchev–Trinajstić information content (AvgIpc) is 1.84. The highest BCUT2D eigenvalue weighted by Crippen LogP contribution is 1.85. The van der Waals surface area contributed by atoms with E-state index >= 15 is 0 Å². The van der Waals surface area contributed by atoms with Crippen LogP contribution in [0.2, 0.25) is 0 Å². The highest BCUT2D eigenvalue weighted by Gasteiger charge is 1.96. The third-order valence-corrected chi connectivity index (χ3v) is 0.971. The van der Waals surface area contributed by atoms with Crippen molar-refractivity contribution < 1.29 is 14.3 Å². The Balaban J connectivity index is 0. The molecule has 0 saturated carbocycles. The first-order chi connectivity index (χ1) is 5.77. The normalized spacial score (nSPS) is 9.15. The molecule has 0 aliphatic rings. The van der Waals surface area contributed by atoms with E-state index < -0.39 is 0 Å². The number of amides is 1. The Morgan fingerprint density at radius 3 is 1.46 bits per heavy atom. The lowest BCUT2D eigenvalue weighted by Crippen LogP contribution is -2.17. The van der Waals surface area contributed by atoms with Crippen LogP contribution in [0, 0.1) is 5.92 Å². The summed E-state index contributed by atoms with van der Waals surface area (Å²) in [4.78, 5) is 20.0. The Kier molecular flexibility index (Phi) is 8.44. The van der Waals surface area contributed by atoms with E-state index in [9.17, 15) is 9.59 Å². The van der Waals surface area contributed by atoms with Crippen LogP contribution in [0.5, 0.6) is 0 Å². The van der Waals surface area contributed by atoms with Crippen LogP contribution >= 0.6 is 0 Å². The summed E-state index contributed by atoms with van der Waals surface area (Å²) >= 11 is 0. The first-order valence-corrected chi connectivity index (χ1v) is 4.23. The zero-order chi connectivity index (χ0) is 11.0. The van der Waals surface area contributed by atoms with Gasteiger partial charge in [0.1, 0.15) is 0 Å². The number of carbonyl (C=O) groups excluding carboxylic acids is 2. The highest BCUT2D eigenvalue weighted by molar-refractivity contribution is 5.75. The lowest BCUT2D eigenvalue weighted by Gasteiger charge is -2.01. The van der Waals surface area contributed by atoms with E-state index in [1.807, 2.05) is 13.8 Å². The Hall–Kier alpha value is -1.06. The van der Waals surface area contributed by atoms with Crippen molar-refractivity contribution >= 4 is 11.9 Å². The van der Waals surface area contributed by atoms with Crippen molar-refractivity contribution in [3.8, 4) is 0 Å². The summed E-state index contributed by atoms with van der Waals surface area (Å²) in [7, 11) is 0. The third kappa shape index (κ3) is 18.2. The molecule has 0 aliphatic carbocycles. The van der Waals surface area contributed by atoms with Gasteiger partial charge < -0.3 is 10.5 Å². The molecule has 4 nitrogen and oxygen atoms in total. The summed E-state index contributed by atoms with van der Waals surface area (Å²) < 4.78 is 4.61. The molecule has 2 N–H and O–H groups in total. The Morgan fingerprint density at radius 2 is 1.46 bits per heavy atom. The van der Waals surface area contributed by atoms with Gasteiger partial charge in [-0.2, -0.15) is 0 Å². The quantitative estimate of drug-likeness (QED) is 0.661. The number of hydrogen-bond acceptors (Lipinski definition) is 3. The minimum atomic E-state index is -0.241. The number of carbonyl (C=O) groups is 2. The number of rotatable bonds is 2. The molecule has 78 valence electrons. The standard InChI is InChI=1S/C5H10O2.C4H9NO/c1-4(2)7-5(3)6;1-3(2)4(5)6/h4H,1-3H3;3H,1-2H3,(H2,5,6). The van der Waals surface area contributed by atoms with Crippen LogP contribution < -0.4 is 5.73 Å². The number of esters is 1. The van der Waals surface area contributed by atoms with Crippen LogP contribution in [-0.4, -0.2) is 18.0 Å². The zero-order valence-corrected chi connectivity index (χ0v) is 8.96. The lowest BCUT2D eigenvalue weighted by atomic mass is 10.2. The number of ether oxygens (including phenoxy) is 1. The summed E-state index contributed by atoms with van der Waals surface area (Å²) in [6.45, 7) is 8.58. The molecule has 0 bridgehead atoms. The molecule has 0 radical (unpaired) electrons. The molecular formula is C9H19NO3. The second kappa shape index (κ2) is 7.58. The Bertz CT molecular complexity index is 164. The minimum absolute atomic E-state index is 0.00926. The first kappa shape index (κ1) is 14.5. The van der Waals surface area contributed by atoms with E-state index in [1.165, 1.54) is 6.92 Å². The smallest absolute Gasteiger partial charge is 0.302 e. The van der Waals surface area contributed by atoms with Gasteiger partial charge >= 0.3 is 5.97 Å². The molecule has 0 rings (SSSR count). The molecule has 0 heterocycles. The molecule has 0 fully saturated rings. The molecule has 0 atom stereocenters. The van der Waals surface area contributed by atoms with Crippen LogP contribution in [-0.2, 0) is 14.3 Å². The van der Waals surface area contributed by atoms with Gasteiger partial charge in [-0.3, -0.25) is 9.59 Å². The lowest BCUT2D eigenvalue weighted by molar-refractivity contribution is -0.144. The summed E-state index contributed by atoms with van der Waals surface area (Å²) in [6.07, 6.45) is 0.0255. The van der Waals surface area contributed by atoms with E-state index in [1.54, 1.807) is 13.8 Å². The Labute approximate surface area is 79.4 Å². The number of hydrogen-bond donors (Lipinski definition) is 1. The zero-order valence-electron chi connectivity index (χ0n) is 8.96. The fourth-order valence-corrected chi connectivity index (χ4v) is 0.332. The average molecular weight is 189 g/mol. The Morgan fingerprint density at radius 1 is 1.15 bits per heavy atom. The molecule has 0 aliphatic heterocycles. The van der Waals surface area contributed by atoms with Crippen LogP contribution in [0.25, 0.3) is 0 Å². The molecule has 0 unspecified atom stereocenters. The van der Waals surface area contributed by atoms with Crippen molar-refractivity contribution in [2.45, 2.75) is 40.7 Å².